The van der Waals surface area contributed by atoms with Crippen LogP contribution >= 0.6 is 11.3 Å². The number of ether oxygens (including phenoxy) is 1. The highest BCUT2D eigenvalue weighted by atomic mass is 32.1. The van der Waals surface area contributed by atoms with E-state index in [-0.39, 0.29) is 6.61 Å². The Bertz CT molecular complexity index is 1840. The largest absolute Gasteiger partial charge is 0.462 e. The second-order valence-electron chi connectivity index (χ2n) is 10.4. The van der Waals surface area contributed by atoms with E-state index in [9.17, 15) is 14.4 Å². The van der Waals surface area contributed by atoms with Gasteiger partial charge in [0.15, 0.2) is 5.13 Å². The molecular formula is C36H29N3O4S. The monoisotopic (exact) mass is 599 g/mol. The van der Waals surface area contributed by atoms with Gasteiger partial charge in [0, 0.05) is 22.9 Å². The van der Waals surface area contributed by atoms with Crippen LogP contribution in [0.25, 0.3) is 27.3 Å². The van der Waals surface area contributed by atoms with Gasteiger partial charge in [-0.1, -0.05) is 89.2 Å². The second-order valence-corrected chi connectivity index (χ2v) is 11.4. The van der Waals surface area contributed by atoms with Crippen molar-refractivity contribution >= 4 is 45.5 Å². The number of thiazole rings is 1. The van der Waals surface area contributed by atoms with E-state index in [0.29, 0.717) is 33.1 Å². The Balaban J connectivity index is 1.38. The van der Waals surface area contributed by atoms with Crippen molar-refractivity contribution in [3.05, 3.63) is 131 Å². The lowest BCUT2D eigenvalue weighted by Gasteiger charge is -2.28. The van der Waals surface area contributed by atoms with Gasteiger partial charge in [0.1, 0.15) is 0 Å². The van der Waals surface area contributed by atoms with Gasteiger partial charge < -0.3 is 10.1 Å². The number of hydrogen-bond donors (Lipinski definition) is 1. The Hall–Kier alpha value is -5.34. The van der Waals surface area contributed by atoms with Crippen LogP contribution in [0.3, 0.4) is 0 Å². The van der Waals surface area contributed by atoms with Gasteiger partial charge in [-0.25, -0.2) is 14.7 Å². The molecule has 0 spiro atoms. The molecule has 1 aliphatic heterocycles. The standard InChI is InChI=1S/C36H29N3O4S/c1-4-43-35(42)26-17-19-27(20-18-26)39-33(40)29-8-6-5-7-28(29)30(34(39)41)21-37-36-38-31(24-13-9-22(2)10-14-24)32(44-36)25-15-11-23(3)12-16-25/h5-21H,4H2,1-3H3,(H,37,38)/b30-21-. The van der Waals surface area contributed by atoms with E-state index in [0.717, 1.165) is 32.2 Å². The predicted octanol–water partition coefficient (Wildman–Crippen LogP) is 7.91. The van der Waals surface area contributed by atoms with Crippen LogP contribution in [-0.2, 0) is 9.53 Å². The SMILES string of the molecule is CCOC(=O)c1ccc(N2C(=O)/C(=C\Nc3nc(-c4ccc(C)cc4)c(-c4ccc(C)cc4)s3)c3ccccc3C2=O)cc1. The smallest absolute Gasteiger partial charge is 0.338 e. The summed E-state index contributed by atoms with van der Waals surface area (Å²) in [6.07, 6.45) is 1.62. The minimum atomic E-state index is -0.487. The predicted molar refractivity (Wildman–Crippen MR) is 175 cm³/mol. The molecule has 4 aromatic carbocycles. The fourth-order valence-electron chi connectivity index (χ4n) is 5.01. The molecule has 8 heteroatoms. The molecule has 1 aliphatic rings. The highest BCUT2D eigenvalue weighted by Gasteiger charge is 2.36. The molecule has 7 nitrogen and oxygen atoms in total. The number of carbonyl (C=O) groups is 3. The Morgan fingerprint density at radius 3 is 2.07 bits per heavy atom. The van der Waals surface area contributed by atoms with Gasteiger partial charge >= 0.3 is 5.97 Å². The average Bonchev–Trinajstić information content (AvgIpc) is 3.46. The summed E-state index contributed by atoms with van der Waals surface area (Å²) < 4.78 is 5.06. The minimum Gasteiger partial charge on any atom is -0.462 e. The van der Waals surface area contributed by atoms with Gasteiger partial charge in [-0.05, 0) is 56.7 Å². The van der Waals surface area contributed by atoms with Crippen molar-refractivity contribution < 1.29 is 19.1 Å². The third-order valence-corrected chi connectivity index (χ3v) is 8.36. The third kappa shape index (κ3) is 5.55. The number of esters is 1. The van der Waals surface area contributed by atoms with Crippen molar-refractivity contribution in [2.24, 2.45) is 0 Å². The number of imide groups is 1. The molecular weight excluding hydrogens is 570 g/mol. The zero-order valence-corrected chi connectivity index (χ0v) is 25.3. The van der Waals surface area contributed by atoms with Gasteiger partial charge in [-0.3, -0.25) is 9.59 Å². The van der Waals surface area contributed by atoms with Crippen LogP contribution in [0.1, 0.15) is 44.3 Å². The molecule has 0 atom stereocenters. The summed E-state index contributed by atoms with van der Waals surface area (Å²) in [5, 5.41) is 3.87. The van der Waals surface area contributed by atoms with Crippen LogP contribution in [0, 0.1) is 13.8 Å². The molecule has 0 saturated carbocycles. The Morgan fingerprint density at radius 1 is 0.818 bits per heavy atom. The van der Waals surface area contributed by atoms with E-state index in [1.807, 2.05) is 6.92 Å². The van der Waals surface area contributed by atoms with E-state index < -0.39 is 17.8 Å². The number of fused-ring (bicyclic) bond motifs is 1. The van der Waals surface area contributed by atoms with E-state index >= 15 is 0 Å². The molecule has 1 N–H and O–H groups in total. The number of hydrogen-bond acceptors (Lipinski definition) is 7. The molecule has 218 valence electrons. The maximum Gasteiger partial charge on any atom is 0.338 e. The van der Waals surface area contributed by atoms with Crippen LogP contribution < -0.4 is 10.2 Å². The Labute approximate surface area is 259 Å². The molecule has 44 heavy (non-hydrogen) atoms. The highest BCUT2D eigenvalue weighted by molar-refractivity contribution is 7.19. The summed E-state index contributed by atoms with van der Waals surface area (Å²) in [6, 6.07) is 29.8. The molecule has 0 radical (unpaired) electrons. The summed E-state index contributed by atoms with van der Waals surface area (Å²) in [7, 11) is 0. The van der Waals surface area contributed by atoms with Gasteiger partial charge in [-0.15, -0.1) is 0 Å². The number of nitrogens with one attached hydrogen (secondary N) is 1. The second kappa shape index (κ2) is 12.1. The quantitative estimate of drug-likeness (QED) is 0.116. The van der Waals surface area contributed by atoms with Crippen LogP contribution in [0.15, 0.2) is 103 Å². The van der Waals surface area contributed by atoms with Crippen LogP contribution in [0.2, 0.25) is 0 Å². The van der Waals surface area contributed by atoms with Crippen LogP contribution in [0.5, 0.6) is 0 Å². The van der Waals surface area contributed by atoms with Gasteiger partial charge in [0.2, 0.25) is 0 Å². The highest BCUT2D eigenvalue weighted by Crippen LogP contribution is 2.40. The molecule has 2 amide bonds. The summed E-state index contributed by atoms with van der Waals surface area (Å²) >= 11 is 1.49. The molecule has 6 rings (SSSR count). The topological polar surface area (TPSA) is 88.6 Å². The number of amides is 2. The molecule has 0 saturated heterocycles. The number of anilines is 2. The summed E-state index contributed by atoms with van der Waals surface area (Å²) in [5.74, 6) is -1.40. The summed E-state index contributed by atoms with van der Waals surface area (Å²) in [6.45, 7) is 6.08. The first-order valence-corrected chi connectivity index (χ1v) is 15.0. The van der Waals surface area contributed by atoms with E-state index in [4.69, 9.17) is 9.72 Å². The van der Waals surface area contributed by atoms with Crippen LogP contribution in [0.4, 0.5) is 10.8 Å². The van der Waals surface area contributed by atoms with E-state index in [1.54, 1.807) is 61.7 Å². The molecule has 0 bridgehead atoms. The van der Waals surface area contributed by atoms with E-state index in [2.05, 4.69) is 60.8 Å². The third-order valence-electron chi connectivity index (χ3n) is 7.33. The maximum atomic E-state index is 13.9. The Morgan fingerprint density at radius 2 is 1.43 bits per heavy atom. The van der Waals surface area contributed by atoms with E-state index in [1.165, 1.54) is 16.9 Å². The Kier molecular flexibility index (Phi) is 7.91. The lowest BCUT2D eigenvalue weighted by Crippen LogP contribution is -2.42. The van der Waals surface area contributed by atoms with Crippen molar-refractivity contribution in [1.82, 2.24) is 4.98 Å². The lowest BCUT2D eigenvalue weighted by molar-refractivity contribution is -0.112. The van der Waals surface area contributed by atoms with Gasteiger partial charge in [0.05, 0.1) is 34.0 Å². The van der Waals surface area contributed by atoms with Crippen molar-refractivity contribution in [1.29, 1.82) is 0 Å². The molecule has 1 aromatic heterocycles. The van der Waals surface area contributed by atoms with Crippen molar-refractivity contribution in [2.75, 3.05) is 16.8 Å². The fraction of sp³-hybridized carbons (Fsp3) is 0.111. The maximum absolute atomic E-state index is 13.9. The van der Waals surface area contributed by atoms with Gasteiger partial charge in [-0.2, -0.15) is 0 Å². The first-order chi connectivity index (χ1) is 21.3. The zero-order valence-electron chi connectivity index (χ0n) is 24.5. The number of nitrogens with zero attached hydrogens (tertiary/aromatic N) is 2. The summed E-state index contributed by atoms with van der Waals surface area (Å²) in [5.41, 5.74) is 7.14. The normalized spacial score (nSPS) is 13.6. The average molecular weight is 600 g/mol. The zero-order chi connectivity index (χ0) is 30.8. The molecule has 5 aromatic rings. The fourth-order valence-corrected chi connectivity index (χ4v) is 5.97. The number of carbonyl (C=O) groups excluding carboxylic acids is 3. The lowest BCUT2D eigenvalue weighted by atomic mass is 9.93. The number of aromatic nitrogens is 1. The van der Waals surface area contributed by atoms with Crippen molar-refractivity contribution in [2.45, 2.75) is 20.8 Å². The molecule has 0 unspecified atom stereocenters. The summed E-state index contributed by atoms with van der Waals surface area (Å²) in [4.78, 5) is 46.6. The number of rotatable bonds is 7. The molecule has 2 heterocycles. The molecule has 0 aliphatic carbocycles. The first kappa shape index (κ1) is 28.8. The first-order valence-electron chi connectivity index (χ1n) is 14.2. The molecule has 0 fully saturated rings. The number of aryl methyl sites for hydroxylation is 2. The number of benzene rings is 4. The van der Waals surface area contributed by atoms with Crippen molar-refractivity contribution in [3.8, 4) is 21.7 Å². The van der Waals surface area contributed by atoms with Crippen LogP contribution in [-0.4, -0.2) is 29.4 Å². The minimum absolute atomic E-state index is 0.250. The van der Waals surface area contributed by atoms with Gasteiger partial charge in [0.25, 0.3) is 11.8 Å². The van der Waals surface area contributed by atoms with Crippen molar-refractivity contribution in [3.63, 3.8) is 0 Å².